The van der Waals surface area contributed by atoms with Gasteiger partial charge in [0.25, 0.3) is 10.2 Å². The third-order valence-electron chi connectivity index (χ3n) is 3.66. The van der Waals surface area contributed by atoms with E-state index in [1.165, 1.54) is 15.7 Å². The molecule has 0 saturated carbocycles. The van der Waals surface area contributed by atoms with E-state index in [0.29, 0.717) is 39.0 Å². The number of aliphatic hydroxyl groups excluding tert-OH is 1. The number of hydrogen-bond acceptors (Lipinski definition) is 5. The number of carbonyl (C=O) groups is 1. The molecule has 124 valence electrons. The van der Waals surface area contributed by atoms with Gasteiger partial charge in [0.15, 0.2) is 0 Å². The van der Waals surface area contributed by atoms with E-state index in [-0.39, 0.29) is 18.4 Å². The number of carbonyl (C=O) groups excluding carboxylic acids is 1. The maximum Gasteiger partial charge on any atom is 0.309 e. The lowest BCUT2D eigenvalue weighted by molar-refractivity contribution is -0.149. The van der Waals surface area contributed by atoms with E-state index < -0.39 is 16.3 Å². The summed E-state index contributed by atoms with van der Waals surface area (Å²) in [4.78, 5) is 11.6. The third kappa shape index (κ3) is 5.21. The predicted molar refractivity (Wildman–Crippen MR) is 78.8 cm³/mol. The van der Waals surface area contributed by atoms with Crippen molar-refractivity contribution in [3.63, 3.8) is 0 Å². The molecule has 1 N–H and O–H groups in total. The topological polar surface area (TPSA) is 87.2 Å². The summed E-state index contributed by atoms with van der Waals surface area (Å²) in [5.41, 5.74) is 0. The van der Waals surface area contributed by atoms with Crippen molar-refractivity contribution in [2.75, 3.05) is 33.3 Å². The molecule has 0 aliphatic carbocycles. The second kappa shape index (κ2) is 8.07. The van der Waals surface area contributed by atoms with Gasteiger partial charge in [0, 0.05) is 26.7 Å². The third-order valence-corrected chi connectivity index (χ3v) is 5.64. The molecule has 0 aromatic carbocycles. The zero-order valence-corrected chi connectivity index (χ0v) is 13.8. The maximum atomic E-state index is 12.4. The van der Waals surface area contributed by atoms with Crippen LogP contribution in [0.25, 0.3) is 0 Å². The molecule has 7 nitrogen and oxygen atoms in total. The van der Waals surface area contributed by atoms with Crippen molar-refractivity contribution < 1.29 is 23.1 Å². The first-order valence-electron chi connectivity index (χ1n) is 7.35. The molecule has 1 atom stereocenters. The summed E-state index contributed by atoms with van der Waals surface area (Å²) in [5.74, 6) is -0.448. The van der Waals surface area contributed by atoms with Gasteiger partial charge in [-0.1, -0.05) is 0 Å². The molecule has 1 aliphatic rings. The van der Waals surface area contributed by atoms with Crippen LogP contribution >= 0.6 is 0 Å². The standard InChI is InChI=1S/C13H26N2O5S/c1-4-20-13(17)12-6-9-15(10-7-12)21(18,19)14(3)8-5-11(2)16/h11-12,16H,4-10H2,1-3H3. The maximum absolute atomic E-state index is 12.4. The van der Waals surface area contributed by atoms with Gasteiger partial charge in [-0.15, -0.1) is 0 Å². The van der Waals surface area contributed by atoms with Gasteiger partial charge in [0.1, 0.15) is 0 Å². The lowest BCUT2D eigenvalue weighted by atomic mass is 9.98. The van der Waals surface area contributed by atoms with Crippen molar-refractivity contribution in [1.29, 1.82) is 0 Å². The molecule has 1 heterocycles. The zero-order valence-electron chi connectivity index (χ0n) is 13.0. The Morgan fingerprint density at radius 3 is 2.48 bits per heavy atom. The minimum atomic E-state index is -3.52. The molecule has 21 heavy (non-hydrogen) atoms. The smallest absolute Gasteiger partial charge is 0.309 e. The van der Waals surface area contributed by atoms with Crippen LogP contribution in [0.5, 0.6) is 0 Å². The number of rotatable bonds is 7. The Morgan fingerprint density at radius 1 is 1.43 bits per heavy atom. The fourth-order valence-electron chi connectivity index (χ4n) is 2.26. The molecular formula is C13H26N2O5S. The Kier molecular flexibility index (Phi) is 7.05. The summed E-state index contributed by atoms with van der Waals surface area (Å²) in [6, 6.07) is 0. The van der Waals surface area contributed by atoms with Crippen molar-refractivity contribution in [3.8, 4) is 0 Å². The largest absolute Gasteiger partial charge is 0.466 e. The Bertz CT molecular complexity index is 430. The first-order chi connectivity index (χ1) is 9.78. The molecule has 1 unspecified atom stereocenters. The second-order valence-electron chi connectivity index (χ2n) is 5.39. The first kappa shape index (κ1) is 18.3. The van der Waals surface area contributed by atoms with Gasteiger partial charge >= 0.3 is 5.97 Å². The molecule has 0 radical (unpaired) electrons. The molecule has 1 rings (SSSR count). The van der Waals surface area contributed by atoms with Gasteiger partial charge in [-0.3, -0.25) is 4.79 Å². The number of nitrogens with zero attached hydrogens (tertiary/aromatic N) is 2. The molecule has 0 spiro atoms. The van der Waals surface area contributed by atoms with Crippen molar-refractivity contribution in [2.45, 2.75) is 39.2 Å². The zero-order chi connectivity index (χ0) is 16.0. The van der Waals surface area contributed by atoms with Gasteiger partial charge in [0.05, 0.1) is 18.6 Å². The molecule has 0 aromatic heterocycles. The van der Waals surface area contributed by atoms with Crippen LogP contribution in [0, 0.1) is 5.92 Å². The van der Waals surface area contributed by atoms with Crippen molar-refractivity contribution in [1.82, 2.24) is 8.61 Å². The number of hydrogen-bond donors (Lipinski definition) is 1. The second-order valence-corrected chi connectivity index (χ2v) is 7.43. The first-order valence-corrected chi connectivity index (χ1v) is 8.74. The minimum absolute atomic E-state index is 0.209. The Labute approximate surface area is 127 Å². The Morgan fingerprint density at radius 2 is 2.00 bits per heavy atom. The van der Waals surface area contributed by atoms with E-state index in [0.717, 1.165) is 0 Å². The van der Waals surface area contributed by atoms with Crippen LogP contribution in [-0.2, 0) is 19.7 Å². The van der Waals surface area contributed by atoms with Crippen LogP contribution in [0.2, 0.25) is 0 Å². The van der Waals surface area contributed by atoms with Gasteiger partial charge < -0.3 is 9.84 Å². The number of aliphatic hydroxyl groups is 1. The highest BCUT2D eigenvalue weighted by Crippen LogP contribution is 2.22. The van der Waals surface area contributed by atoms with Crippen LogP contribution in [0.4, 0.5) is 0 Å². The van der Waals surface area contributed by atoms with E-state index in [1.807, 2.05) is 0 Å². The van der Waals surface area contributed by atoms with Crippen LogP contribution in [-0.4, -0.2) is 67.5 Å². The summed E-state index contributed by atoms with van der Waals surface area (Å²) < 4.78 is 32.3. The van der Waals surface area contributed by atoms with Crippen LogP contribution < -0.4 is 0 Å². The average Bonchev–Trinajstić information content (AvgIpc) is 2.45. The number of ether oxygens (including phenoxy) is 1. The van der Waals surface area contributed by atoms with Gasteiger partial charge in [-0.25, -0.2) is 0 Å². The van der Waals surface area contributed by atoms with Gasteiger partial charge in [-0.2, -0.15) is 17.0 Å². The van der Waals surface area contributed by atoms with E-state index in [4.69, 9.17) is 4.74 Å². The molecule has 1 aliphatic heterocycles. The number of esters is 1. The van der Waals surface area contributed by atoms with Crippen molar-refractivity contribution in [2.24, 2.45) is 5.92 Å². The summed E-state index contributed by atoms with van der Waals surface area (Å²) >= 11 is 0. The molecule has 0 aromatic rings. The quantitative estimate of drug-likeness (QED) is 0.677. The molecule has 1 fully saturated rings. The highest BCUT2D eigenvalue weighted by atomic mass is 32.2. The molecule has 0 bridgehead atoms. The normalized spacial score (nSPS) is 19.7. The summed E-state index contributed by atoms with van der Waals surface area (Å²) in [6.45, 7) is 4.66. The van der Waals surface area contributed by atoms with Gasteiger partial charge in [0.2, 0.25) is 0 Å². The predicted octanol–water partition coefficient (Wildman–Crippen LogP) is 0.209. The van der Waals surface area contributed by atoms with E-state index in [2.05, 4.69) is 0 Å². The molecule has 1 saturated heterocycles. The van der Waals surface area contributed by atoms with Crippen LogP contribution in [0.3, 0.4) is 0 Å². The molecular weight excluding hydrogens is 296 g/mol. The lowest BCUT2D eigenvalue weighted by Crippen LogP contribution is -2.47. The SMILES string of the molecule is CCOC(=O)C1CCN(S(=O)(=O)N(C)CCC(C)O)CC1. The number of piperidine rings is 1. The van der Waals surface area contributed by atoms with Crippen LogP contribution in [0.15, 0.2) is 0 Å². The van der Waals surface area contributed by atoms with Crippen molar-refractivity contribution in [3.05, 3.63) is 0 Å². The lowest BCUT2D eigenvalue weighted by Gasteiger charge is -2.33. The van der Waals surface area contributed by atoms with Gasteiger partial charge in [-0.05, 0) is 33.1 Å². The Hall–Kier alpha value is -0.700. The summed E-state index contributed by atoms with van der Waals surface area (Å²) in [5, 5.41) is 9.24. The van der Waals surface area contributed by atoms with Crippen LogP contribution in [0.1, 0.15) is 33.1 Å². The fourth-order valence-corrected chi connectivity index (χ4v) is 3.67. The average molecular weight is 322 g/mol. The summed E-state index contributed by atoms with van der Waals surface area (Å²) in [6.07, 6.45) is 0.844. The fraction of sp³-hybridized carbons (Fsp3) is 0.923. The van der Waals surface area contributed by atoms with E-state index in [9.17, 15) is 18.3 Å². The molecule has 8 heteroatoms. The minimum Gasteiger partial charge on any atom is -0.466 e. The summed E-state index contributed by atoms with van der Waals surface area (Å²) in [7, 11) is -2.01. The highest BCUT2D eigenvalue weighted by Gasteiger charge is 2.33. The Balaban J connectivity index is 2.53. The monoisotopic (exact) mass is 322 g/mol. The highest BCUT2D eigenvalue weighted by molar-refractivity contribution is 7.86. The van der Waals surface area contributed by atoms with E-state index >= 15 is 0 Å². The van der Waals surface area contributed by atoms with Crippen molar-refractivity contribution >= 4 is 16.2 Å². The molecule has 0 amide bonds. The van der Waals surface area contributed by atoms with E-state index in [1.54, 1.807) is 13.8 Å².